The van der Waals surface area contributed by atoms with Crippen LogP contribution in [-0.2, 0) is 19.5 Å². The van der Waals surface area contributed by atoms with Crippen LogP contribution in [0.5, 0.6) is 0 Å². The number of fused-ring (bicyclic) bond motifs is 2. The minimum absolute atomic E-state index is 0.573. The predicted molar refractivity (Wildman–Crippen MR) is 111 cm³/mol. The van der Waals surface area contributed by atoms with Gasteiger partial charge in [-0.15, -0.1) is 0 Å². The second-order valence-corrected chi connectivity index (χ2v) is 6.99. The minimum Gasteiger partial charge on any atom is -0.366 e. The molecule has 0 amide bonds. The zero-order valence-electron chi connectivity index (χ0n) is 15.4. The largest absolute Gasteiger partial charge is 0.366 e. The lowest BCUT2D eigenvalue weighted by atomic mass is 10.00. The van der Waals surface area contributed by atoms with Gasteiger partial charge in [-0.2, -0.15) is 9.61 Å². The SMILES string of the molecule is [B]c1cnn2c(NCc3cccnc3)cc(N3CCc4ccccc4C3)nc12. The van der Waals surface area contributed by atoms with Crippen LogP contribution in [0.15, 0.2) is 61.1 Å². The molecule has 2 radical (unpaired) electrons. The maximum Gasteiger partial charge on any atom is 0.152 e. The molecule has 4 heterocycles. The first-order chi connectivity index (χ1) is 13.8. The molecule has 6 nitrogen and oxygen atoms in total. The number of pyridine rings is 1. The molecular formula is C21H19BN6. The van der Waals surface area contributed by atoms with E-state index in [4.69, 9.17) is 12.8 Å². The lowest BCUT2D eigenvalue weighted by Gasteiger charge is -2.30. The van der Waals surface area contributed by atoms with Crippen molar-refractivity contribution in [2.75, 3.05) is 16.8 Å². The second-order valence-electron chi connectivity index (χ2n) is 6.99. The van der Waals surface area contributed by atoms with Crippen LogP contribution in [-0.4, -0.2) is 34.0 Å². The maximum atomic E-state index is 6.13. The molecule has 5 rings (SSSR count). The van der Waals surface area contributed by atoms with Crippen LogP contribution >= 0.6 is 0 Å². The van der Waals surface area contributed by atoms with Gasteiger partial charge in [0.15, 0.2) is 5.65 Å². The summed E-state index contributed by atoms with van der Waals surface area (Å²) in [4.78, 5) is 11.3. The molecule has 0 unspecified atom stereocenters. The number of nitrogens with zero attached hydrogens (tertiary/aromatic N) is 5. The van der Waals surface area contributed by atoms with Crippen LogP contribution in [0, 0.1) is 0 Å². The molecule has 0 aliphatic carbocycles. The molecule has 0 saturated carbocycles. The number of nitrogens with one attached hydrogen (secondary N) is 1. The summed E-state index contributed by atoms with van der Waals surface area (Å²) >= 11 is 0. The van der Waals surface area contributed by atoms with Gasteiger partial charge < -0.3 is 10.2 Å². The highest BCUT2D eigenvalue weighted by molar-refractivity contribution is 6.36. The Balaban J connectivity index is 1.49. The molecule has 1 aromatic carbocycles. The maximum absolute atomic E-state index is 6.13. The molecule has 136 valence electrons. The van der Waals surface area contributed by atoms with E-state index in [2.05, 4.69) is 44.6 Å². The first-order valence-corrected chi connectivity index (χ1v) is 9.37. The van der Waals surface area contributed by atoms with Crippen LogP contribution in [0.2, 0.25) is 0 Å². The summed E-state index contributed by atoms with van der Waals surface area (Å²) in [5, 5.41) is 7.84. The summed E-state index contributed by atoms with van der Waals surface area (Å²) < 4.78 is 1.76. The third kappa shape index (κ3) is 3.09. The zero-order valence-corrected chi connectivity index (χ0v) is 15.4. The predicted octanol–water partition coefficient (Wildman–Crippen LogP) is 2.09. The van der Waals surface area contributed by atoms with E-state index in [0.717, 1.165) is 36.7 Å². The van der Waals surface area contributed by atoms with E-state index in [1.165, 1.54) is 11.1 Å². The Morgan fingerprint density at radius 1 is 1.07 bits per heavy atom. The zero-order chi connectivity index (χ0) is 18.9. The second kappa shape index (κ2) is 7.00. The van der Waals surface area contributed by atoms with Gasteiger partial charge in [0.05, 0.1) is 0 Å². The Bertz CT molecular complexity index is 1120. The highest BCUT2D eigenvalue weighted by atomic mass is 15.3. The van der Waals surface area contributed by atoms with Crippen LogP contribution in [0.1, 0.15) is 16.7 Å². The molecule has 1 N–H and O–H groups in total. The summed E-state index contributed by atoms with van der Waals surface area (Å²) in [7, 11) is 6.13. The van der Waals surface area contributed by atoms with Crippen molar-refractivity contribution in [1.29, 1.82) is 0 Å². The fraction of sp³-hybridized carbons (Fsp3) is 0.190. The molecule has 0 saturated heterocycles. The molecule has 4 aromatic rings. The summed E-state index contributed by atoms with van der Waals surface area (Å²) in [6.45, 7) is 2.42. The van der Waals surface area contributed by atoms with Crippen molar-refractivity contribution in [2.24, 2.45) is 0 Å². The third-order valence-electron chi connectivity index (χ3n) is 5.14. The van der Waals surface area contributed by atoms with Gasteiger partial charge in [0, 0.05) is 44.3 Å². The van der Waals surface area contributed by atoms with Gasteiger partial charge in [0.25, 0.3) is 0 Å². The smallest absolute Gasteiger partial charge is 0.152 e. The fourth-order valence-electron chi connectivity index (χ4n) is 3.64. The highest BCUT2D eigenvalue weighted by Crippen LogP contribution is 2.25. The Labute approximate surface area is 164 Å². The quantitative estimate of drug-likeness (QED) is 0.561. The first kappa shape index (κ1) is 16.8. The third-order valence-corrected chi connectivity index (χ3v) is 5.14. The van der Waals surface area contributed by atoms with Crippen LogP contribution in [0.25, 0.3) is 5.65 Å². The Morgan fingerprint density at radius 3 is 2.82 bits per heavy atom. The summed E-state index contributed by atoms with van der Waals surface area (Å²) in [6, 6.07) is 14.6. The summed E-state index contributed by atoms with van der Waals surface area (Å²) in [6.07, 6.45) is 6.28. The molecule has 3 aromatic heterocycles. The molecular weight excluding hydrogens is 347 g/mol. The van der Waals surface area contributed by atoms with Gasteiger partial charge >= 0.3 is 0 Å². The number of anilines is 2. The van der Waals surface area contributed by atoms with E-state index >= 15 is 0 Å². The fourth-order valence-corrected chi connectivity index (χ4v) is 3.64. The van der Waals surface area contributed by atoms with Crippen molar-refractivity contribution in [2.45, 2.75) is 19.5 Å². The molecule has 28 heavy (non-hydrogen) atoms. The molecule has 1 aliphatic heterocycles. The van der Waals surface area contributed by atoms with Crippen LogP contribution in [0.4, 0.5) is 11.6 Å². The Morgan fingerprint density at radius 2 is 1.96 bits per heavy atom. The van der Waals surface area contributed by atoms with Gasteiger partial charge in [-0.25, -0.2) is 4.98 Å². The van der Waals surface area contributed by atoms with Crippen molar-refractivity contribution in [3.05, 3.63) is 77.7 Å². The summed E-state index contributed by atoms with van der Waals surface area (Å²) in [5.41, 5.74) is 5.11. The van der Waals surface area contributed by atoms with E-state index in [1.807, 2.05) is 24.4 Å². The Kier molecular flexibility index (Phi) is 4.20. The van der Waals surface area contributed by atoms with Gasteiger partial charge in [0.2, 0.25) is 0 Å². The Hall–Kier alpha value is -3.35. The van der Waals surface area contributed by atoms with E-state index in [0.29, 0.717) is 17.7 Å². The highest BCUT2D eigenvalue weighted by Gasteiger charge is 2.19. The molecule has 0 spiro atoms. The number of benzene rings is 1. The van der Waals surface area contributed by atoms with Crippen molar-refractivity contribution in [3.8, 4) is 0 Å². The standard InChI is InChI=1S/C21H19BN6/c22-18-13-25-28-19(24-12-15-4-3-8-23-11-15)10-20(26-21(18)28)27-9-7-16-5-1-2-6-17(16)14-27/h1-6,8,10-11,13,24H,7,9,12,14H2. The summed E-state index contributed by atoms with van der Waals surface area (Å²) in [5.74, 6) is 1.77. The van der Waals surface area contributed by atoms with Gasteiger partial charge in [-0.05, 0) is 34.6 Å². The number of rotatable bonds is 4. The normalized spacial score (nSPS) is 13.5. The molecule has 7 heteroatoms. The lowest BCUT2D eigenvalue weighted by Crippen LogP contribution is -2.31. The van der Waals surface area contributed by atoms with E-state index in [-0.39, 0.29) is 0 Å². The van der Waals surface area contributed by atoms with Crippen molar-refractivity contribution in [1.82, 2.24) is 19.6 Å². The average Bonchev–Trinajstić information content (AvgIpc) is 3.13. The monoisotopic (exact) mass is 366 g/mol. The first-order valence-electron chi connectivity index (χ1n) is 9.37. The van der Waals surface area contributed by atoms with E-state index in [1.54, 1.807) is 16.9 Å². The van der Waals surface area contributed by atoms with Crippen molar-refractivity contribution < 1.29 is 0 Å². The topological polar surface area (TPSA) is 58.4 Å². The van der Waals surface area contributed by atoms with E-state index in [9.17, 15) is 0 Å². The minimum atomic E-state index is 0.573. The number of hydrogen-bond acceptors (Lipinski definition) is 5. The van der Waals surface area contributed by atoms with E-state index < -0.39 is 0 Å². The van der Waals surface area contributed by atoms with Crippen molar-refractivity contribution >= 4 is 30.6 Å². The number of hydrogen-bond donors (Lipinski definition) is 1. The lowest BCUT2D eigenvalue weighted by molar-refractivity contribution is 0.719. The molecule has 0 bridgehead atoms. The van der Waals surface area contributed by atoms with Gasteiger partial charge in [-0.1, -0.05) is 30.3 Å². The van der Waals surface area contributed by atoms with Crippen LogP contribution < -0.4 is 15.7 Å². The van der Waals surface area contributed by atoms with Crippen molar-refractivity contribution in [3.63, 3.8) is 0 Å². The molecule has 0 fully saturated rings. The molecule has 0 atom stereocenters. The average molecular weight is 366 g/mol. The number of aromatic nitrogens is 4. The molecule has 1 aliphatic rings. The van der Waals surface area contributed by atoms with Crippen LogP contribution in [0.3, 0.4) is 0 Å². The van der Waals surface area contributed by atoms with Gasteiger partial charge in [-0.3, -0.25) is 4.98 Å². The van der Waals surface area contributed by atoms with Gasteiger partial charge in [0.1, 0.15) is 19.5 Å².